The summed E-state index contributed by atoms with van der Waals surface area (Å²) in [6.07, 6.45) is 11.1. The number of hydrogen-bond acceptors (Lipinski definition) is 3. The highest BCUT2D eigenvalue weighted by atomic mass is 35.5. The zero-order valence-corrected chi connectivity index (χ0v) is 13.8. The second-order valence-corrected chi connectivity index (χ2v) is 6.57. The van der Waals surface area contributed by atoms with Crippen molar-refractivity contribution in [2.45, 2.75) is 44.6 Å². The van der Waals surface area contributed by atoms with Gasteiger partial charge in [0.05, 0.1) is 0 Å². The van der Waals surface area contributed by atoms with Crippen LogP contribution in [0.25, 0.3) is 0 Å². The minimum atomic E-state index is -0.391. The van der Waals surface area contributed by atoms with Gasteiger partial charge >= 0.3 is 6.09 Å². The van der Waals surface area contributed by atoms with Crippen LogP contribution >= 0.6 is 11.6 Å². The molecule has 0 bridgehead atoms. The SMILES string of the molecule is O=C(OC(CC1CCCCC1)c1ccc(Cl)cc1)n1ccnc1. The van der Waals surface area contributed by atoms with Crippen LogP contribution in [-0.4, -0.2) is 15.6 Å². The average Bonchev–Trinajstić information content (AvgIpc) is 3.10. The van der Waals surface area contributed by atoms with Crippen molar-refractivity contribution in [1.29, 1.82) is 0 Å². The molecule has 1 atom stereocenters. The second-order valence-electron chi connectivity index (χ2n) is 6.13. The first-order valence-corrected chi connectivity index (χ1v) is 8.54. The fraction of sp³-hybridized carbons (Fsp3) is 0.444. The standard InChI is InChI=1S/C18H21ClN2O2/c19-16-8-6-15(7-9-16)17(12-14-4-2-1-3-5-14)23-18(22)21-11-10-20-13-21/h6-11,13-14,17H,1-5,12H2. The third kappa shape index (κ3) is 4.35. The minimum absolute atomic E-state index is 0.245. The summed E-state index contributed by atoms with van der Waals surface area (Å²) >= 11 is 5.98. The zero-order valence-electron chi connectivity index (χ0n) is 13.0. The molecule has 2 aromatic rings. The summed E-state index contributed by atoms with van der Waals surface area (Å²) in [4.78, 5) is 16.2. The van der Waals surface area contributed by atoms with E-state index in [1.807, 2.05) is 24.3 Å². The molecule has 1 fully saturated rings. The van der Waals surface area contributed by atoms with E-state index in [9.17, 15) is 4.79 Å². The fourth-order valence-electron chi connectivity index (χ4n) is 3.20. The Morgan fingerprint density at radius 1 is 1.26 bits per heavy atom. The summed E-state index contributed by atoms with van der Waals surface area (Å²) in [5.74, 6) is 0.611. The van der Waals surface area contributed by atoms with Gasteiger partial charge in [-0.2, -0.15) is 0 Å². The van der Waals surface area contributed by atoms with Crippen LogP contribution in [0.2, 0.25) is 5.02 Å². The molecule has 0 spiro atoms. The number of aromatic nitrogens is 2. The Bertz CT molecular complexity index is 619. The number of benzene rings is 1. The molecule has 0 N–H and O–H groups in total. The predicted octanol–water partition coefficient (Wildman–Crippen LogP) is 5.23. The van der Waals surface area contributed by atoms with E-state index in [1.54, 1.807) is 12.4 Å². The molecule has 1 aromatic heterocycles. The Balaban J connectivity index is 1.74. The van der Waals surface area contributed by atoms with Crippen molar-refractivity contribution in [2.75, 3.05) is 0 Å². The molecule has 23 heavy (non-hydrogen) atoms. The van der Waals surface area contributed by atoms with E-state index in [0.29, 0.717) is 10.9 Å². The smallest absolute Gasteiger partial charge is 0.419 e. The topological polar surface area (TPSA) is 44.1 Å². The first-order chi connectivity index (χ1) is 11.2. The van der Waals surface area contributed by atoms with Gasteiger partial charge in [-0.25, -0.2) is 14.3 Å². The molecule has 3 rings (SSSR count). The van der Waals surface area contributed by atoms with E-state index in [4.69, 9.17) is 16.3 Å². The van der Waals surface area contributed by atoms with Crippen LogP contribution in [0.4, 0.5) is 4.79 Å². The van der Waals surface area contributed by atoms with Crippen LogP contribution in [0.3, 0.4) is 0 Å². The van der Waals surface area contributed by atoms with Crippen LogP contribution in [0, 0.1) is 5.92 Å². The number of carbonyl (C=O) groups is 1. The lowest BCUT2D eigenvalue weighted by Crippen LogP contribution is -2.19. The van der Waals surface area contributed by atoms with Gasteiger partial charge in [0.25, 0.3) is 0 Å². The normalized spacial score (nSPS) is 16.9. The molecule has 4 nitrogen and oxygen atoms in total. The van der Waals surface area contributed by atoms with Crippen molar-refractivity contribution in [1.82, 2.24) is 9.55 Å². The molecule has 122 valence electrons. The first-order valence-electron chi connectivity index (χ1n) is 8.17. The summed E-state index contributed by atoms with van der Waals surface area (Å²) < 4.78 is 7.13. The molecule has 1 saturated carbocycles. The summed E-state index contributed by atoms with van der Waals surface area (Å²) in [7, 11) is 0. The number of carbonyl (C=O) groups excluding carboxylic acids is 1. The average molecular weight is 333 g/mol. The minimum Gasteiger partial charge on any atom is -0.441 e. The highest BCUT2D eigenvalue weighted by molar-refractivity contribution is 6.30. The number of halogens is 1. The number of nitrogens with zero attached hydrogens (tertiary/aromatic N) is 2. The molecule has 1 heterocycles. The third-order valence-electron chi connectivity index (χ3n) is 4.47. The van der Waals surface area contributed by atoms with Gasteiger partial charge in [-0.05, 0) is 30.0 Å². The van der Waals surface area contributed by atoms with Gasteiger partial charge in [-0.1, -0.05) is 55.8 Å². The van der Waals surface area contributed by atoms with Gasteiger partial charge in [0.2, 0.25) is 0 Å². The number of imidazole rings is 1. The van der Waals surface area contributed by atoms with Crippen LogP contribution < -0.4 is 0 Å². The maximum atomic E-state index is 12.3. The lowest BCUT2D eigenvalue weighted by atomic mass is 9.84. The zero-order chi connectivity index (χ0) is 16.1. The Morgan fingerprint density at radius 3 is 2.65 bits per heavy atom. The molecule has 0 amide bonds. The molecule has 0 radical (unpaired) electrons. The lowest BCUT2D eigenvalue weighted by molar-refractivity contribution is 0.0781. The van der Waals surface area contributed by atoms with E-state index < -0.39 is 6.09 Å². The number of rotatable bonds is 4. The van der Waals surface area contributed by atoms with E-state index in [2.05, 4.69) is 4.98 Å². The van der Waals surface area contributed by atoms with Gasteiger partial charge in [-0.15, -0.1) is 0 Å². The Labute approximate surface area is 141 Å². The van der Waals surface area contributed by atoms with E-state index >= 15 is 0 Å². The molecular formula is C18H21ClN2O2. The van der Waals surface area contributed by atoms with Crippen LogP contribution in [0.5, 0.6) is 0 Å². The Morgan fingerprint density at radius 2 is 2.00 bits per heavy atom. The maximum absolute atomic E-state index is 12.3. The molecular weight excluding hydrogens is 312 g/mol. The monoisotopic (exact) mass is 332 g/mol. The van der Waals surface area contributed by atoms with Crippen molar-refractivity contribution in [3.8, 4) is 0 Å². The Hall–Kier alpha value is -1.81. The predicted molar refractivity (Wildman–Crippen MR) is 89.5 cm³/mol. The molecule has 1 aliphatic carbocycles. The van der Waals surface area contributed by atoms with Crippen molar-refractivity contribution < 1.29 is 9.53 Å². The molecule has 0 aliphatic heterocycles. The molecule has 0 saturated heterocycles. The van der Waals surface area contributed by atoms with Crippen LogP contribution in [0.15, 0.2) is 43.0 Å². The Kier molecular flexibility index (Phi) is 5.34. The van der Waals surface area contributed by atoms with E-state index in [1.165, 1.54) is 43.0 Å². The summed E-state index contributed by atoms with van der Waals surface area (Å²) in [6, 6.07) is 7.57. The third-order valence-corrected chi connectivity index (χ3v) is 4.72. The first kappa shape index (κ1) is 16.1. The molecule has 1 aliphatic rings. The van der Waals surface area contributed by atoms with E-state index in [0.717, 1.165) is 12.0 Å². The van der Waals surface area contributed by atoms with Gasteiger partial charge in [-0.3, -0.25) is 0 Å². The van der Waals surface area contributed by atoms with Crippen molar-refractivity contribution in [3.05, 3.63) is 53.6 Å². The van der Waals surface area contributed by atoms with Crippen LogP contribution in [0.1, 0.15) is 50.2 Å². The van der Waals surface area contributed by atoms with Crippen LogP contribution in [-0.2, 0) is 4.74 Å². The lowest BCUT2D eigenvalue weighted by Gasteiger charge is -2.26. The molecule has 1 aromatic carbocycles. The van der Waals surface area contributed by atoms with Gasteiger partial charge in [0.15, 0.2) is 0 Å². The molecule has 5 heteroatoms. The number of ether oxygens (including phenoxy) is 1. The fourth-order valence-corrected chi connectivity index (χ4v) is 3.33. The summed E-state index contributed by atoms with van der Waals surface area (Å²) in [6.45, 7) is 0. The summed E-state index contributed by atoms with van der Waals surface area (Å²) in [5, 5.41) is 0.686. The van der Waals surface area contributed by atoms with Crippen molar-refractivity contribution in [2.24, 2.45) is 5.92 Å². The van der Waals surface area contributed by atoms with Gasteiger partial charge < -0.3 is 4.74 Å². The number of hydrogen-bond donors (Lipinski definition) is 0. The maximum Gasteiger partial charge on any atom is 0.419 e. The van der Waals surface area contributed by atoms with Gasteiger partial charge in [0, 0.05) is 17.4 Å². The molecule has 1 unspecified atom stereocenters. The van der Waals surface area contributed by atoms with E-state index in [-0.39, 0.29) is 6.10 Å². The highest BCUT2D eigenvalue weighted by Crippen LogP contribution is 2.34. The second kappa shape index (κ2) is 7.64. The van der Waals surface area contributed by atoms with Crippen molar-refractivity contribution >= 4 is 17.7 Å². The van der Waals surface area contributed by atoms with Gasteiger partial charge in [0.1, 0.15) is 12.4 Å². The van der Waals surface area contributed by atoms with Crippen molar-refractivity contribution in [3.63, 3.8) is 0 Å². The highest BCUT2D eigenvalue weighted by Gasteiger charge is 2.24. The summed E-state index contributed by atoms with van der Waals surface area (Å²) in [5.41, 5.74) is 0.994. The quantitative estimate of drug-likeness (QED) is 0.769. The largest absolute Gasteiger partial charge is 0.441 e.